The molecule has 1 fully saturated rings. The van der Waals surface area contributed by atoms with E-state index in [0.29, 0.717) is 16.8 Å². The molecule has 3 rings (SSSR count). The van der Waals surface area contributed by atoms with Crippen LogP contribution >= 0.6 is 15.9 Å². The second-order valence-electron chi connectivity index (χ2n) is 6.74. The molecule has 1 aliphatic carbocycles. The zero-order valence-electron chi connectivity index (χ0n) is 12.8. The van der Waals surface area contributed by atoms with Gasteiger partial charge in [0.25, 0.3) is 0 Å². The van der Waals surface area contributed by atoms with Crippen molar-refractivity contribution in [2.24, 2.45) is 11.3 Å². The van der Waals surface area contributed by atoms with E-state index < -0.39 is 11.4 Å². The van der Waals surface area contributed by atoms with Gasteiger partial charge in [-0.25, -0.2) is 9.97 Å². The summed E-state index contributed by atoms with van der Waals surface area (Å²) in [4.78, 5) is 20.4. The number of nitrogen functional groups attached to an aromatic ring is 1. The first-order valence-corrected chi connectivity index (χ1v) is 8.01. The van der Waals surface area contributed by atoms with E-state index in [-0.39, 0.29) is 11.3 Å². The predicted molar refractivity (Wildman–Crippen MR) is 86.6 cm³/mol. The number of carbonyl (C=O) groups is 1. The molecule has 0 radical (unpaired) electrons. The lowest BCUT2D eigenvalue weighted by molar-refractivity contribution is -0.145. The van der Waals surface area contributed by atoms with Crippen molar-refractivity contribution >= 4 is 33.2 Å². The summed E-state index contributed by atoms with van der Waals surface area (Å²) in [6.07, 6.45) is 4.88. The average Bonchev–Trinajstić information content (AvgIpc) is 2.88. The Morgan fingerprint density at radius 2 is 2.18 bits per heavy atom. The smallest absolute Gasteiger partial charge is 0.307 e. The lowest BCUT2D eigenvalue weighted by Crippen LogP contribution is -2.41. The van der Waals surface area contributed by atoms with Crippen molar-refractivity contribution < 1.29 is 9.90 Å². The molecular formula is C15H19BrN4O2. The molecule has 1 aliphatic rings. The number of carboxylic acid groups (broad SMARTS) is 1. The summed E-state index contributed by atoms with van der Waals surface area (Å²) in [5.41, 5.74) is 5.91. The van der Waals surface area contributed by atoms with Gasteiger partial charge in [0.15, 0.2) is 5.82 Å². The SMILES string of the molecule is CC1(c2nc(Br)c3c(N)nccn23)CCC(C(=O)O)C1(C)C. The van der Waals surface area contributed by atoms with Gasteiger partial charge in [-0.2, -0.15) is 0 Å². The number of fused-ring (bicyclic) bond motifs is 1. The number of aromatic nitrogens is 3. The maximum absolute atomic E-state index is 11.6. The molecule has 0 saturated heterocycles. The normalized spacial score (nSPS) is 27.4. The summed E-state index contributed by atoms with van der Waals surface area (Å²) in [5, 5.41) is 9.52. The van der Waals surface area contributed by atoms with E-state index in [2.05, 4.69) is 32.8 Å². The van der Waals surface area contributed by atoms with Crippen molar-refractivity contribution in [3.05, 3.63) is 22.8 Å². The van der Waals surface area contributed by atoms with Gasteiger partial charge in [-0.05, 0) is 34.2 Å². The minimum absolute atomic E-state index is 0.362. The Bertz CT molecular complexity index is 770. The zero-order chi connectivity index (χ0) is 16.3. The van der Waals surface area contributed by atoms with Gasteiger partial charge in [-0.3, -0.25) is 9.20 Å². The summed E-state index contributed by atoms with van der Waals surface area (Å²) >= 11 is 3.45. The molecule has 0 spiro atoms. The first kappa shape index (κ1) is 15.3. The molecule has 0 aliphatic heterocycles. The first-order valence-electron chi connectivity index (χ1n) is 7.21. The molecule has 2 heterocycles. The summed E-state index contributed by atoms with van der Waals surface area (Å²) in [7, 11) is 0. The third-order valence-corrected chi connectivity index (χ3v) is 6.11. The number of halogens is 1. The van der Waals surface area contributed by atoms with Crippen LogP contribution in [0.15, 0.2) is 17.0 Å². The topological polar surface area (TPSA) is 93.5 Å². The summed E-state index contributed by atoms with van der Waals surface area (Å²) < 4.78 is 2.57. The van der Waals surface area contributed by atoms with Gasteiger partial charge in [0.2, 0.25) is 0 Å². The van der Waals surface area contributed by atoms with Crippen molar-refractivity contribution in [3.63, 3.8) is 0 Å². The van der Waals surface area contributed by atoms with Crippen molar-refractivity contribution in [1.82, 2.24) is 14.4 Å². The number of carboxylic acids is 1. The molecule has 6 nitrogen and oxygen atoms in total. The highest BCUT2D eigenvalue weighted by atomic mass is 79.9. The van der Waals surface area contributed by atoms with Crippen LogP contribution in [0.1, 0.15) is 39.4 Å². The third-order valence-electron chi connectivity index (χ3n) is 5.56. The highest BCUT2D eigenvalue weighted by Crippen LogP contribution is 2.57. The van der Waals surface area contributed by atoms with Gasteiger partial charge >= 0.3 is 5.97 Å². The van der Waals surface area contributed by atoms with Crippen molar-refractivity contribution in [2.45, 2.75) is 39.0 Å². The van der Waals surface area contributed by atoms with E-state index in [1.807, 2.05) is 24.4 Å². The Morgan fingerprint density at radius 1 is 1.50 bits per heavy atom. The summed E-state index contributed by atoms with van der Waals surface area (Å²) in [6, 6.07) is 0. The average molecular weight is 367 g/mol. The second kappa shape index (κ2) is 4.68. The monoisotopic (exact) mass is 366 g/mol. The molecule has 0 aromatic carbocycles. The summed E-state index contributed by atoms with van der Waals surface area (Å²) in [6.45, 7) is 6.12. The van der Waals surface area contributed by atoms with Crippen molar-refractivity contribution in [1.29, 1.82) is 0 Å². The maximum atomic E-state index is 11.6. The molecule has 2 aromatic heterocycles. The van der Waals surface area contributed by atoms with Crippen LogP contribution in [-0.4, -0.2) is 25.4 Å². The Kier molecular flexibility index (Phi) is 3.25. The van der Waals surface area contributed by atoms with Crippen molar-refractivity contribution in [2.75, 3.05) is 5.73 Å². The van der Waals surface area contributed by atoms with Gasteiger partial charge in [-0.15, -0.1) is 0 Å². The number of rotatable bonds is 2. The van der Waals surface area contributed by atoms with Crippen LogP contribution in [0, 0.1) is 11.3 Å². The molecular weight excluding hydrogens is 348 g/mol. The van der Waals surface area contributed by atoms with Crippen LogP contribution < -0.4 is 5.73 Å². The number of nitrogens with two attached hydrogens (primary N) is 1. The van der Waals surface area contributed by atoms with Gasteiger partial charge in [0, 0.05) is 17.8 Å². The van der Waals surface area contributed by atoms with E-state index in [4.69, 9.17) is 5.73 Å². The summed E-state index contributed by atoms with van der Waals surface area (Å²) in [5.74, 6) is 0.109. The number of hydrogen-bond acceptors (Lipinski definition) is 4. The molecule has 0 amide bonds. The van der Waals surface area contributed by atoms with Gasteiger partial charge < -0.3 is 10.8 Å². The standard InChI is InChI=1S/C15H19BrN4O2/c1-14(2)8(12(21)22)4-5-15(14,3)13-19-10(16)9-11(17)18-6-7-20(9)13/h6-8H,4-5H2,1-3H3,(H2,17,18)(H,21,22). The molecule has 2 aromatic rings. The van der Waals surface area contributed by atoms with E-state index in [1.165, 1.54) is 0 Å². The number of anilines is 1. The van der Waals surface area contributed by atoms with Crippen molar-refractivity contribution in [3.8, 4) is 0 Å². The van der Waals surface area contributed by atoms with Gasteiger partial charge in [-0.1, -0.05) is 20.8 Å². The van der Waals surface area contributed by atoms with Crippen LogP contribution in [-0.2, 0) is 10.2 Å². The van der Waals surface area contributed by atoms with Crippen LogP contribution in [0.2, 0.25) is 0 Å². The molecule has 1 saturated carbocycles. The highest BCUT2D eigenvalue weighted by Gasteiger charge is 2.57. The first-order chi connectivity index (χ1) is 10.2. The van der Waals surface area contributed by atoms with Gasteiger partial charge in [0.05, 0.1) is 5.92 Å². The van der Waals surface area contributed by atoms with E-state index in [9.17, 15) is 9.90 Å². The largest absolute Gasteiger partial charge is 0.481 e. The molecule has 2 unspecified atom stereocenters. The molecule has 2 atom stereocenters. The molecule has 3 N–H and O–H groups in total. The minimum Gasteiger partial charge on any atom is -0.481 e. The van der Waals surface area contributed by atoms with E-state index in [0.717, 1.165) is 17.8 Å². The molecule has 22 heavy (non-hydrogen) atoms. The Labute approximate surface area is 136 Å². The fraction of sp³-hybridized carbons (Fsp3) is 0.533. The highest BCUT2D eigenvalue weighted by molar-refractivity contribution is 9.10. The quantitative estimate of drug-likeness (QED) is 0.851. The van der Waals surface area contributed by atoms with Crippen LogP contribution in [0.25, 0.3) is 5.52 Å². The Balaban J connectivity index is 2.24. The predicted octanol–water partition coefficient (Wildman–Crippen LogP) is 2.85. The Morgan fingerprint density at radius 3 is 2.77 bits per heavy atom. The lowest BCUT2D eigenvalue weighted by Gasteiger charge is -2.39. The number of nitrogens with zero attached hydrogens (tertiary/aromatic N) is 3. The van der Waals surface area contributed by atoms with E-state index in [1.54, 1.807) is 6.20 Å². The lowest BCUT2D eigenvalue weighted by atomic mass is 9.65. The van der Waals surface area contributed by atoms with Gasteiger partial charge in [0.1, 0.15) is 15.9 Å². The zero-order valence-corrected chi connectivity index (χ0v) is 14.4. The number of hydrogen-bond donors (Lipinski definition) is 2. The fourth-order valence-corrected chi connectivity index (χ4v) is 4.30. The molecule has 0 bridgehead atoms. The van der Waals surface area contributed by atoms with E-state index >= 15 is 0 Å². The second-order valence-corrected chi connectivity index (χ2v) is 7.49. The van der Waals surface area contributed by atoms with Crippen LogP contribution in [0.5, 0.6) is 0 Å². The minimum atomic E-state index is -0.741. The fourth-order valence-electron chi connectivity index (χ4n) is 3.74. The molecule has 118 valence electrons. The Hall–Kier alpha value is -1.63. The number of aliphatic carboxylic acids is 1. The molecule has 7 heteroatoms. The van der Waals surface area contributed by atoms with Crippen LogP contribution in [0.4, 0.5) is 5.82 Å². The number of imidazole rings is 1. The third kappa shape index (κ3) is 1.81. The van der Waals surface area contributed by atoms with Crippen LogP contribution in [0.3, 0.4) is 0 Å². The maximum Gasteiger partial charge on any atom is 0.307 e.